The van der Waals surface area contributed by atoms with Gasteiger partial charge in [-0.25, -0.2) is 0 Å². The Kier molecular flexibility index (Phi) is 25.5. The van der Waals surface area contributed by atoms with Crippen LogP contribution in [0.4, 0.5) is 28.4 Å². The van der Waals surface area contributed by atoms with Crippen molar-refractivity contribution in [2.45, 2.75) is 0 Å². The average Bonchev–Trinajstić information content (AvgIpc) is 2.95. The standard InChI is InChI=1S/C28H24I3N5O10.4Na/c29-23-21(27(45)33-13-1-5-15(6-2-13)35(9-17(37)38)10-18(39)40)24(30)26(32)25(31)22(23)28(46)34-14-3-7-16(8-4-14)36(11-19(41)42)12-20(43)44;;;;/h1-8H,9-12,32H2,(H,33,45)(H,34,46)(H,37,38)(H,39,40)(H,41,42)(H,43,44);;;;/q;4*+1/p-4. The van der Waals surface area contributed by atoms with E-state index in [1.54, 1.807) is 0 Å². The summed E-state index contributed by atoms with van der Waals surface area (Å²) in [5.41, 5.74) is 7.65. The average molecular weight is 1060 g/mol. The van der Waals surface area contributed by atoms with Crippen molar-refractivity contribution in [3.8, 4) is 0 Å². The second-order valence-electron chi connectivity index (χ2n) is 9.31. The molecule has 3 aromatic carbocycles. The molecule has 0 bridgehead atoms. The van der Waals surface area contributed by atoms with Gasteiger partial charge < -0.3 is 65.8 Å². The zero-order valence-electron chi connectivity index (χ0n) is 27.1. The summed E-state index contributed by atoms with van der Waals surface area (Å²) in [6.45, 7) is -2.79. The van der Waals surface area contributed by atoms with E-state index in [0.29, 0.717) is 7.14 Å². The monoisotopic (exact) mass is 1060 g/mol. The minimum Gasteiger partial charge on any atom is -0.548 e. The van der Waals surface area contributed by atoms with E-state index >= 15 is 0 Å². The largest absolute Gasteiger partial charge is 1.00 e. The Morgan fingerprint density at radius 2 is 0.780 bits per heavy atom. The summed E-state index contributed by atoms with van der Waals surface area (Å²) in [5, 5.41) is 49.5. The van der Waals surface area contributed by atoms with Crippen LogP contribution in [0.3, 0.4) is 0 Å². The van der Waals surface area contributed by atoms with Gasteiger partial charge in [-0.2, -0.15) is 0 Å². The van der Waals surface area contributed by atoms with E-state index in [1.807, 2.05) is 67.8 Å². The quantitative estimate of drug-likeness (QED) is 0.0772. The number of nitrogen functional groups attached to an aromatic ring is 1. The first-order chi connectivity index (χ1) is 21.6. The number of aliphatic carboxylic acids is 4. The van der Waals surface area contributed by atoms with Crippen molar-refractivity contribution < 1.29 is 167 Å². The number of nitrogens with one attached hydrogen (secondary N) is 2. The molecule has 0 aliphatic heterocycles. The molecule has 0 unspecified atom stereocenters. The maximum atomic E-state index is 13.4. The minimum atomic E-state index is -1.50. The van der Waals surface area contributed by atoms with Crippen molar-refractivity contribution in [2.24, 2.45) is 0 Å². The Bertz CT molecular complexity index is 1570. The van der Waals surface area contributed by atoms with Crippen LogP contribution in [0.15, 0.2) is 48.5 Å². The van der Waals surface area contributed by atoms with Crippen molar-refractivity contribution in [3.63, 3.8) is 0 Å². The first kappa shape index (κ1) is 52.2. The summed E-state index contributed by atoms with van der Waals surface area (Å²) in [4.78, 5) is 73.0. The third-order valence-corrected chi connectivity index (χ3v) is 9.39. The van der Waals surface area contributed by atoms with Crippen LogP contribution < -0.4 is 165 Å². The first-order valence-electron chi connectivity index (χ1n) is 12.7. The fourth-order valence-corrected chi connectivity index (χ4v) is 8.23. The predicted molar refractivity (Wildman–Crippen MR) is 182 cm³/mol. The second-order valence-corrected chi connectivity index (χ2v) is 12.5. The third-order valence-electron chi connectivity index (χ3n) is 6.07. The molecule has 0 saturated heterocycles. The summed E-state index contributed by atoms with van der Waals surface area (Å²) in [6.07, 6.45) is 0. The Labute approximate surface area is 415 Å². The van der Waals surface area contributed by atoms with E-state index in [9.17, 15) is 49.2 Å². The number of carboxylic acid groups (broad SMARTS) is 4. The number of rotatable bonds is 14. The zero-order valence-corrected chi connectivity index (χ0v) is 41.6. The summed E-state index contributed by atoms with van der Waals surface area (Å²) in [7, 11) is 0. The number of carbonyl (C=O) groups excluding carboxylic acids is 6. The molecule has 0 aromatic heterocycles. The molecule has 0 aliphatic rings. The molecule has 0 heterocycles. The molecule has 0 atom stereocenters. The van der Waals surface area contributed by atoms with Crippen LogP contribution in [0.2, 0.25) is 0 Å². The summed E-state index contributed by atoms with van der Waals surface area (Å²) in [6, 6.07) is 11.3. The molecule has 2 amide bonds. The van der Waals surface area contributed by atoms with E-state index in [0.717, 1.165) is 9.80 Å². The number of carbonyl (C=O) groups is 6. The van der Waals surface area contributed by atoms with Crippen LogP contribution in [0, 0.1) is 10.7 Å². The molecule has 0 spiro atoms. The van der Waals surface area contributed by atoms with Gasteiger partial charge in [-0.15, -0.1) is 0 Å². The summed E-state index contributed by atoms with van der Waals surface area (Å²) >= 11 is 5.62. The van der Waals surface area contributed by atoms with E-state index in [-0.39, 0.29) is 161 Å². The maximum absolute atomic E-state index is 13.4. The van der Waals surface area contributed by atoms with Gasteiger partial charge in [0, 0.05) is 26.3 Å². The topological polar surface area (TPSA) is 251 Å². The number of nitrogens with two attached hydrogens (primary N) is 1. The van der Waals surface area contributed by atoms with Crippen LogP contribution >= 0.6 is 67.8 Å². The normalized spacial score (nSPS) is 9.66. The van der Waals surface area contributed by atoms with Gasteiger partial charge in [0.15, 0.2) is 0 Å². The Morgan fingerprint density at radius 3 is 1.02 bits per heavy atom. The summed E-state index contributed by atoms with van der Waals surface area (Å²) < 4.78 is 1.01. The zero-order chi connectivity index (χ0) is 34.3. The van der Waals surface area contributed by atoms with E-state index in [4.69, 9.17) is 5.73 Å². The summed E-state index contributed by atoms with van der Waals surface area (Å²) in [5.74, 6) is -7.22. The fraction of sp³-hybridized carbons (Fsp3) is 0.143. The first-order valence-corrected chi connectivity index (χ1v) is 15.9. The molecule has 3 aromatic rings. The number of hydrogen-bond acceptors (Lipinski definition) is 13. The van der Waals surface area contributed by atoms with Gasteiger partial charge in [0.2, 0.25) is 0 Å². The molecule has 242 valence electrons. The van der Waals surface area contributed by atoms with Crippen molar-refractivity contribution in [2.75, 3.05) is 52.3 Å². The molecule has 50 heavy (non-hydrogen) atoms. The van der Waals surface area contributed by atoms with E-state index < -0.39 is 61.9 Å². The van der Waals surface area contributed by atoms with E-state index in [2.05, 4.69) is 10.6 Å². The second kappa shape index (κ2) is 24.5. The van der Waals surface area contributed by atoms with Gasteiger partial charge in [-0.05, 0) is 116 Å². The van der Waals surface area contributed by atoms with Crippen LogP contribution in [-0.2, 0) is 19.2 Å². The minimum absolute atomic E-state index is 0. The van der Waals surface area contributed by atoms with Gasteiger partial charge in [0.1, 0.15) is 0 Å². The molecule has 4 N–H and O–H groups in total. The van der Waals surface area contributed by atoms with Crippen molar-refractivity contribution in [1.29, 1.82) is 0 Å². The molecular weight excluding hydrogens is 1040 g/mol. The van der Waals surface area contributed by atoms with Gasteiger partial charge >= 0.3 is 118 Å². The molecular formula is C28H20I3N5Na4O10. The fourth-order valence-electron chi connectivity index (χ4n) is 4.08. The number of benzene rings is 3. The SMILES string of the molecule is Nc1c(I)c(C(=O)Nc2ccc(N(CC(=O)[O-])CC(=O)[O-])cc2)c(I)c(C(=O)Nc2ccc(N(CC(=O)[O-])CC(=O)[O-])cc2)c1I.[Na+].[Na+].[Na+].[Na+]. The Hall–Kier alpha value is 0.0700. The molecule has 22 heteroatoms. The molecule has 0 radical (unpaired) electrons. The van der Waals surface area contributed by atoms with E-state index in [1.165, 1.54) is 48.5 Å². The smallest absolute Gasteiger partial charge is 0.548 e. The van der Waals surface area contributed by atoms with Crippen LogP contribution in [0.25, 0.3) is 0 Å². The van der Waals surface area contributed by atoms with Crippen molar-refractivity contribution in [1.82, 2.24) is 0 Å². The molecule has 0 saturated carbocycles. The Balaban J connectivity index is 0. The van der Waals surface area contributed by atoms with Crippen LogP contribution in [0.5, 0.6) is 0 Å². The molecule has 15 nitrogen and oxygen atoms in total. The van der Waals surface area contributed by atoms with Crippen LogP contribution in [0.1, 0.15) is 20.7 Å². The molecule has 0 aliphatic carbocycles. The number of amides is 2. The molecule has 3 rings (SSSR count). The van der Waals surface area contributed by atoms with Gasteiger partial charge in [-0.1, -0.05) is 0 Å². The Morgan fingerprint density at radius 1 is 0.520 bits per heavy atom. The molecule has 0 fully saturated rings. The van der Waals surface area contributed by atoms with Crippen molar-refractivity contribution in [3.05, 3.63) is 70.4 Å². The maximum Gasteiger partial charge on any atom is 1.00 e. The predicted octanol–water partition coefficient (Wildman–Crippen LogP) is -13.8. The van der Waals surface area contributed by atoms with Gasteiger partial charge in [-0.3, -0.25) is 9.59 Å². The number of carboxylic acids is 4. The number of anilines is 5. The van der Waals surface area contributed by atoms with Gasteiger partial charge in [0.05, 0.1) is 74.0 Å². The van der Waals surface area contributed by atoms with Crippen molar-refractivity contribution >= 4 is 132 Å². The van der Waals surface area contributed by atoms with Crippen LogP contribution in [-0.4, -0.2) is 61.9 Å². The number of nitrogens with zero attached hydrogens (tertiary/aromatic N) is 2. The van der Waals surface area contributed by atoms with Gasteiger partial charge in [0.25, 0.3) is 11.8 Å². The number of halogens is 3. The third kappa shape index (κ3) is 15.1. The number of hydrogen-bond donors (Lipinski definition) is 3.